The fourth-order valence-corrected chi connectivity index (χ4v) is 0. The van der Waals surface area contributed by atoms with Gasteiger partial charge in [-0.3, -0.25) is 9.11 Å². The minimum Gasteiger partial charge on any atom is -1.00 e. The van der Waals surface area contributed by atoms with Crippen molar-refractivity contribution in [2.75, 3.05) is 0 Å². The van der Waals surface area contributed by atoms with E-state index in [0.717, 1.165) is 0 Å². The van der Waals surface area contributed by atoms with Gasteiger partial charge in [-0.05, 0) is 0 Å². The average molecular weight is 249 g/mol. The van der Waals surface area contributed by atoms with Gasteiger partial charge in [0.15, 0.2) is 0 Å². The fourth-order valence-electron chi connectivity index (χ4n) is 0. The maximum atomic E-state index is 8.74. The van der Waals surface area contributed by atoms with Crippen LogP contribution in [0.5, 0.6) is 0 Å². The van der Waals surface area contributed by atoms with E-state index in [9.17, 15) is 0 Å². The third-order valence-electron chi connectivity index (χ3n) is 0. The van der Waals surface area contributed by atoms with Gasteiger partial charge in [-0.1, -0.05) is 0 Å². The maximum absolute atomic E-state index is 8.74. The van der Waals surface area contributed by atoms with Gasteiger partial charge in [0.25, 0.3) is 0 Å². The second-order valence-corrected chi connectivity index (χ2v) is 1.34. The molecule has 0 aromatic heterocycles. The van der Waals surface area contributed by atoms with Gasteiger partial charge < -0.3 is 26.2 Å². The van der Waals surface area contributed by atoms with Crippen molar-refractivity contribution in [3.8, 4) is 0 Å². The third kappa shape index (κ3) is 88.5. The van der Waals surface area contributed by atoms with Gasteiger partial charge in [0.05, 0.1) is 0 Å². The first kappa shape index (κ1) is 29.5. The molecule has 9 heteroatoms. The molecule has 0 radical (unpaired) electrons. The largest absolute Gasteiger partial charge is 2.00 e. The van der Waals surface area contributed by atoms with Crippen LogP contribution in [0.2, 0.25) is 0 Å². The molecule has 4 nitrogen and oxygen atoms in total. The molecule has 0 aliphatic heterocycles. The first-order chi connectivity index (χ1) is 2.00. The molecule has 0 atom stereocenters. The molecule has 0 aliphatic rings. The van der Waals surface area contributed by atoms with Gasteiger partial charge in [-0.25, -0.2) is 0 Å². The summed E-state index contributed by atoms with van der Waals surface area (Å²) < 4.78 is 31.6. The van der Waals surface area contributed by atoms with Crippen LogP contribution in [0.1, 0.15) is 1.43 Å². The predicted molar refractivity (Wildman–Crippen MR) is 21.0 cm³/mol. The number of halogens is 2. The van der Waals surface area contributed by atoms with Crippen LogP contribution < -0.4 is 76.2 Å². The van der Waals surface area contributed by atoms with Crippen molar-refractivity contribution < 1.29 is 95.1 Å². The Balaban J connectivity index is -0.00000000800. The standard InChI is InChI=1S/Ca.2ClH.K.H2O4S.H/c;;;;1-5(2,3)4;/h;2*1H;;(H2,1,2,3,4);/q+2;;;+1;;-1/p-2. The summed E-state index contributed by atoms with van der Waals surface area (Å²) in [5, 5.41) is 0. The van der Waals surface area contributed by atoms with Crippen molar-refractivity contribution in [3.63, 3.8) is 0 Å². The molecule has 0 saturated carbocycles. The van der Waals surface area contributed by atoms with Crippen molar-refractivity contribution >= 4 is 48.1 Å². The molecule has 0 bridgehead atoms. The molecule has 0 heterocycles. The third-order valence-corrected chi connectivity index (χ3v) is 0. The zero-order valence-electron chi connectivity index (χ0n) is 5.58. The Hall–Kier alpha value is 3.35. The van der Waals surface area contributed by atoms with Crippen LogP contribution >= 0.6 is 0 Å². The molecule has 0 rings (SSSR count). The van der Waals surface area contributed by atoms with Crippen LogP contribution in [0.15, 0.2) is 0 Å². The van der Waals surface area contributed by atoms with E-state index in [1.165, 1.54) is 0 Å². The molecular formula is H3CaCl2KO4S. The quantitative estimate of drug-likeness (QED) is 0.330. The van der Waals surface area contributed by atoms with E-state index in [2.05, 4.69) is 0 Å². The summed E-state index contributed by atoms with van der Waals surface area (Å²) in [5.74, 6) is 0. The summed E-state index contributed by atoms with van der Waals surface area (Å²) >= 11 is 0. The van der Waals surface area contributed by atoms with Gasteiger partial charge in [-0.15, -0.1) is 0 Å². The molecule has 0 fully saturated rings. The predicted octanol–water partition coefficient (Wildman–Crippen LogP) is -9.91. The van der Waals surface area contributed by atoms with Crippen LogP contribution in [-0.4, -0.2) is 55.3 Å². The molecule has 0 aromatic carbocycles. The smallest absolute Gasteiger partial charge is 1.00 e. The first-order valence-corrected chi connectivity index (χ1v) is 2.10. The summed E-state index contributed by atoms with van der Waals surface area (Å²) in [5.41, 5.74) is 0. The second-order valence-electron chi connectivity index (χ2n) is 0.448. The average Bonchev–Trinajstić information content (AvgIpc) is 0.722. The molecule has 0 aromatic rings. The fraction of sp³-hybridized carbons (Fsp3) is 0. The van der Waals surface area contributed by atoms with Crippen molar-refractivity contribution in [1.82, 2.24) is 0 Å². The van der Waals surface area contributed by atoms with E-state index in [1.807, 2.05) is 0 Å². The minimum absolute atomic E-state index is 0. The second kappa shape index (κ2) is 13.9. The Bertz CT molecular complexity index is 106. The summed E-state index contributed by atoms with van der Waals surface area (Å²) in [6.45, 7) is 0. The molecule has 0 amide bonds. The van der Waals surface area contributed by atoms with E-state index in [4.69, 9.17) is 17.5 Å². The molecule has 0 aliphatic carbocycles. The van der Waals surface area contributed by atoms with E-state index >= 15 is 0 Å². The molecule has 50 valence electrons. The SMILES string of the molecule is O=S(=O)(O)O.[Ca+2].[Cl-].[Cl-].[H-].[K+]. The van der Waals surface area contributed by atoms with Crippen molar-refractivity contribution in [2.24, 2.45) is 0 Å². The van der Waals surface area contributed by atoms with Gasteiger partial charge in [0, 0.05) is 0 Å². The zero-order valence-corrected chi connectivity index (χ0v) is 12.2. The van der Waals surface area contributed by atoms with Crippen LogP contribution in [0.4, 0.5) is 0 Å². The minimum atomic E-state index is -4.67. The summed E-state index contributed by atoms with van der Waals surface area (Å²) in [6.07, 6.45) is 0. The van der Waals surface area contributed by atoms with Gasteiger partial charge in [-0.2, -0.15) is 8.42 Å². The number of hydrogen-bond donors (Lipinski definition) is 2. The normalized spacial score (nSPS) is 6.44. The zero-order chi connectivity index (χ0) is 4.50. The van der Waals surface area contributed by atoms with Gasteiger partial charge in [0.2, 0.25) is 0 Å². The maximum Gasteiger partial charge on any atom is 2.00 e. The Morgan fingerprint density at radius 2 is 1.11 bits per heavy atom. The Labute approximate surface area is 140 Å². The number of rotatable bonds is 0. The van der Waals surface area contributed by atoms with Crippen molar-refractivity contribution in [1.29, 1.82) is 0 Å². The van der Waals surface area contributed by atoms with Crippen LogP contribution in [0, 0.1) is 0 Å². The molecule has 0 saturated heterocycles. The van der Waals surface area contributed by atoms with E-state index < -0.39 is 10.4 Å². The summed E-state index contributed by atoms with van der Waals surface area (Å²) in [7, 11) is -4.67. The van der Waals surface area contributed by atoms with E-state index in [0.29, 0.717) is 0 Å². The van der Waals surface area contributed by atoms with Gasteiger partial charge in [0.1, 0.15) is 0 Å². The Morgan fingerprint density at radius 3 is 1.11 bits per heavy atom. The van der Waals surface area contributed by atoms with Crippen molar-refractivity contribution in [3.05, 3.63) is 0 Å². The van der Waals surface area contributed by atoms with Crippen LogP contribution in [0.25, 0.3) is 0 Å². The van der Waals surface area contributed by atoms with Crippen LogP contribution in [0.3, 0.4) is 0 Å². The number of hydrogen-bond acceptors (Lipinski definition) is 2. The first-order valence-electron chi connectivity index (χ1n) is 0.698. The molecule has 9 heavy (non-hydrogen) atoms. The summed E-state index contributed by atoms with van der Waals surface area (Å²) in [6, 6.07) is 0. The van der Waals surface area contributed by atoms with Crippen LogP contribution in [-0.2, 0) is 10.4 Å². The molecular weight excluding hydrogens is 246 g/mol. The van der Waals surface area contributed by atoms with E-state index in [1.54, 1.807) is 0 Å². The summed E-state index contributed by atoms with van der Waals surface area (Å²) in [4.78, 5) is 0. The van der Waals surface area contributed by atoms with E-state index in [-0.39, 0.29) is 115 Å². The topological polar surface area (TPSA) is 74.6 Å². The Morgan fingerprint density at radius 1 is 1.11 bits per heavy atom. The molecule has 0 spiro atoms. The molecule has 0 unspecified atom stereocenters. The molecule has 2 N–H and O–H groups in total. The van der Waals surface area contributed by atoms with Crippen molar-refractivity contribution in [2.45, 2.75) is 0 Å². The Kier molecular flexibility index (Phi) is 45.5. The van der Waals surface area contributed by atoms with Gasteiger partial charge >= 0.3 is 99.5 Å². The monoisotopic (exact) mass is 248 g/mol.